The summed E-state index contributed by atoms with van der Waals surface area (Å²) < 4.78 is 1.83. The molecular formula is C13H11IN2O2. The SMILES string of the molecule is O=[N+]([O-])c1ccccc1/C=C\[n+]1ccccc1.[I-]. The first-order valence-corrected chi connectivity index (χ1v) is 5.15. The Morgan fingerprint density at radius 1 is 1.06 bits per heavy atom. The molecule has 0 spiro atoms. The summed E-state index contributed by atoms with van der Waals surface area (Å²) in [5.41, 5.74) is 0.703. The smallest absolute Gasteiger partial charge is 0.276 e. The highest BCUT2D eigenvalue weighted by molar-refractivity contribution is 5.65. The van der Waals surface area contributed by atoms with Crippen molar-refractivity contribution in [1.82, 2.24) is 0 Å². The molecule has 0 saturated heterocycles. The minimum atomic E-state index is -0.380. The highest BCUT2D eigenvalue weighted by atomic mass is 127. The van der Waals surface area contributed by atoms with Crippen LogP contribution >= 0.6 is 0 Å². The van der Waals surface area contributed by atoms with E-state index >= 15 is 0 Å². The third kappa shape index (κ3) is 3.63. The molecule has 2 rings (SSSR count). The molecule has 1 aromatic heterocycles. The van der Waals surface area contributed by atoms with Crippen LogP contribution in [0.4, 0.5) is 5.69 Å². The van der Waals surface area contributed by atoms with Crippen LogP contribution in [0.15, 0.2) is 54.9 Å². The van der Waals surface area contributed by atoms with Gasteiger partial charge in [-0.3, -0.25) is 10.1 Å². The van der Waals surface area contributed by atoms with Crippen LogP contribution in [0.25, 0.3) is 12.3 Å². The quantitative estimate of drug-likeness (QED) is 0.323. The number of nitrogens with zero attached hydrogens (tertiary/aromatic N) is 2. The Balaban J connectivity index is 0.00000162. The van der Waals surface area contributed by atoms with E-state index in [4.69, 9.17) is 0 Å². The molecule has 0 aliphatic carbocycles. The summed E-state index contributed by atoms with van der Waals surface area (Å²) in [6.07, 6.45) is 7.23. The van der Waals surface area contributed by atoms with Gasteiger partial charge in [-0.2, -0.15) is 4.57 Å². The molecule has 0 fully saturated rings. The van der Waals surface area contributed by atoms with Gasteiger partial charge in [-0.25, -0.2) is 0 Å². The van der Waals surface area contributed by atoms with Crippen LogP contribution in [0.5, 0.6) is 0 Å². The minimum absolute atomic E-state index is 0. The molecule has 92 valence electrons. The maximum atomic E-state index is 10.8. The summed E-state index contributed by atoms with van der Waals surface area (Å²) in [6, 6.07) is 12.4. The average molecular weight is 354 g/mol. The number of hydrogen-bond donors (Lipinski definition) is 0. The lowest BCUT2D eigenvalue weighted by Gasteiger charge is -1.94. The number of nitro groups is 1. The molecule has 1 aromatic carbocycles. The van der Waals surface area contributed by atoms with Gasteiger partial charge in [0.25, 0.3) is 5.69 Å². The highest BCUT2D eigenvalue weighted by Gasteiger charge is 2.09. The lowest BCUT2D eigenvalue weighted by molar-refractivity contribution is -0.567. The van der Waals surface area contributed by atoms with Crippen molar-refractivity contribution < 1.29 is 33.5 Å². The van der Waals surface area contributed by atoms with E-state index in [1.165, 1.54) is 6.07 Å². The van der Waals surface area contributed by atoms with Crippen LogP contribution in [-0.2, 0) is 0 Å². The summed E-state index contributed by atoms with van der Waals surface area (Å²) in [6.45, 7) is 0. The molecule has 0 bridgehead atoms. The third-order valence-corrected chi connectivity index (χ3v) is 2.30. The van der Waals surface area contributed by atoms with Gasteiger partial charge < -0.3 is 24.0 Å². The second-order valence-corrected chi connectivity index (χ2v) is 3.45. The number of rotatable bonds is 3. The number of benzene rings is 1. The Bertz CT molecular complexity index is 556. The van der Waals surface area contributed by atoms with Gasteiger partial charge in [-0.1, -0.05) is 18.2 Å². The van der Waals surface area contributed by atoms with E-state index in [1.807, 2.05) is 35.2 Å². The zero-order valence-electron chi connectivity index (χ0n) is 9.44. The molecule has 0 radical (unpaired) electrons. The molecular weight excluding hydrogens is 343 g/mol. The van der Waals surface area contributed by atoms with Crippen LogP contribution < -0.4 is 28.5 Å². The lowest BCUT2D eigenvalue weighted by Crippen LogP contribution is -3.00. The first-order valence-electron chi connectivity index (χ1n) is 5.15. The van der Waals surface area contributed by atoms with Crippen molar-refractivity contribution in [3.05, 3.63) is 70.5 Å². The van der Waals surface area contributed by atoms with Crippen molar-refractivity contribution in [3.8, 4) is 0 Å². The van der Waals surface area contributed by atoms with Crippen molar-refractivity contribution in [2.45, 2.75) is 0 Å². The fourth-order valence-corrected chi connectivity index (χ4v) is 1.47. The van der Waals surface area contributed by atoms with Crippen molar-refractivity contribution >= 4 is 18.0 Å². The van der Waals surface area contributed by atoms with Crippen molar-refractivity contribution in [1.29, 1.82) is 0 Å². The summed E-state index contributed by atoms with van der Waals surface area (Å²) >= 11 is 0. The Hall–Kier alpha value is -1.76. The molecule has 0 unspecified atom stereocenters. The van der Waals surface area contributed by atoms with E-state index in [9.17, 15) is 10.1 Å². The predicted octanol–water partition coefficient (Wildman–Crippen LogP) is -0.486. The van der Waals surface area contributed by atoms with Crippen LogP contribution in [0, 0.1) is 10.1 Å². The molecule has 5 heteroatoms. The monoisotopic (exact) mass is 354 g/mol. The Kier molecular flexibility index (Phi) is 5.44. The zero-order chi connectivity index (χ0) is 12.1. The molecule has 0 atom stereocenters. The van der Waals surface area contributed by atoms with Crippen molar-refractivity contribution in [2.24, 2.45) is 0 Å². The van der Waals surface area contributed by atoms with Crippen LogP contribution in [0.2, 0.25) is 0 Å². The number of pyridine rings is 1. The average Bonchev–Trinajstić information content (AvgIpc) is 2.38. The third-order valence-electron chi connectivity index (χ3n) is 2.30. The normalized spacial score (nSPS) is 10.0. The van der Waals surface area contributed by atoms with Crippen LogP contribution in [0.3, 0.4) is 0 Å². The van der Waals surface area contributed by atoms with E-state index in [-0.39, 0.29) is 34.6 Å². The van der Waals surface area contributed by atoms with Crippen molar-refractivity contribution in [3.63, 3.8) is 0 Å². The van der Waals surface area contributed by atoms with Gasteiger partial charge >= 0.3 is 0 Å². The van der Waals surface area contributed by atoms with E-state index in [1.54, 1.807) is 30.5 Å². The highest BCUT2D eigenvalue weighted by Crippen LogP contribution is 2.18. The number of aromatic nitrogens is 1. The zero-order valence-corrected chi connectivity index (χ0v) is 11.6. The largest absolute Gasteiger partial charge is 1.00 e. The van der Waals surface area contributed by atoms with Crippen LogP contribution in [-0.4, -0.2) is 4.92 Å². The van der Waals surface area contributed by atoms with Gasteiger partial charge in [0.2, 0.25) is 0 Å². The molecule has 1 heterocycles. The van der Waals surface area contributed by atoms with Gasteiger partial charge in [-0.15, -0.1) is 0 Å². The summed E-state index contributed by atoms with van der Waals surface area (Å²) in [4.78, 5) is 10.4. The number of nitro benzene ring substituents is 1. The lowest BCUT2D eigenvalue weighted by atomic mass is 10.2. The number of hydrogen-bond acceptors (Lipinski definition) is 2. The fourth-order valence-electron chi connectivity index (χ4n) is 1.47. The maximum Gasteiger partial charge on any atom is 0.276 e. The van der Waals surface area contributed by atoms with Crippen molar-refractivity contribution in [2.75, 3.05) is 0 Å². The second kappa shape index (κ2) is 6.85. The minimum Gasteiger partial charge on any atom is -1.00 e. The van der Waals surface area contributed by atoms with Gasteiger partial charge in [0.15, 0.2) is 18.6 Å². The van der Waals surface area contributed by atoms with E-state index in [0.29, 0.717) is 5.56 Å². The predicted molar refractivity (Wildman–Crippen MR) is 65.0 cm³/mol. The molecule has 4 nitrogen and oxygen atoms in total. The summed E-state index contributed by atoms with van der Waals surface area (Å²) in [7, 11) is 0. The molecule has 0 saturated carbocycles. The molecule has 0 aliphatic rings. The topological polar surface area (TPSA) is 47.0 Å². The maximum absolute atomic E-state index is 10.8. The standard InChI is InChI=1S/C13H11N2O2.HI/c16-15(17)13-7-3-2-6-12(13)8-11-14-9-4-1-5-10-14;/h1-11H;1H/q+1;/p-1/b11-8-;. The number of halogens is 1. The van der Waals surface area contributed by atoms with Gasteiger partial charge in [0.05, 0.1) is 10.5 Å². The summed E-state index contributed by atoms with van der Waals surface area (Å²) in [5.74, 6) is 0. The Morgan fingerprint density at radius 2 is 1.72 bits per heavy atom. The van der Waals surface area contributed by atoms with E-state index in [2.05, 4.69) is 0 Å². The summed E-state index contributed by atoms with van der Waals surface area (Å²) in [5, 5.41) is 10.8. The van der Waals surface area contributed by atoms with Gasteiger partial charge in [0, 0.05) is 24.3 Å². The molecule has 2 aromatic rings. The Morgan fingerprint density at radius 3 is 2.39 bits per heavy atom. The van der Waals surface area contributed by atoms with Crippen LogP contribution in [0.1, 0.15) is 5.56 Å². The first kappa shape index (κ1) is 14.3. The molecule has 0 aliphatic heterocycles. The van der Waals surface area contributed by atoms with Gasteiger partial charge in [0.1, 0.15) is 0 Å². The second-order valence-electron chi connectivity index (χ2n) is 3.45. The van der Waals surface area contributed by atoms with E-state index in [0.717, 1.165) is 0 Å². The molecule has 0 amide bonds. The van der Waals surface area contributed by atoms with Gasteiger partial charge in [-0.05, 0) is 6.07 Å². The molecule has 18 heavy (non-hydrogen) atoms. The Labute approximate surface area is 122 Å². The fraction of sp³-hybridized carbons (Fsp3) is 0. The molecule has 0 N–H and O–H groups in total. The first-order chi connectivity index (χ1) is 8.27. The van der Waals surface area contributed by atoms with E-state index < -0.39 is 0 Å². The number of para-hydroxylation sites is 1.